The van der Waals surface area contributed by atoms with Crippen molar-refractivity contribution in [3.05, 3.63) is 12.3 Å². The van der Waals surface area contributed by atoms with Gasteiger partial charge < -0.3 is 92.1 Å². The van der Waals surface area contributed by atoms with E-state index in [0.717, 1.165) is 32.5 Å². The first-order valence-corrected chi connectivity index (χ1v) is 36.5. The highest BCUT2D eigenvalue weighted by Crippen LogP contribution is 2.19. The Morgan fingerprint density at radius 1 is 0.381 bits per heavy atom. The lowest BCUT2D eigenvalue weighted by atomic mass is 9.89. The second kappa shape index (κ2) is 66.1. The maximum Gasteiger partial charge on any atom is 0.246 e. The maximum absolute atomic E-state index is 13.4. The van der Waals surface area contributed by atoms with Crippen LogP contribution in [0, 0.1) is 29.1 Å². The Hall–Kier alpha value is -3.15. The number of Topliss-reactive ketones (excluding diaryl/α,β-unsaturated/α-hetero) is 3. The molecule has 24 heteroatoms. The number of aliphatic hydroxyl groups excluding tert-OH is 1. The summed E-state index contributed by atoms with van der Waals surface area (Å²) < 4.78 is 87.0. The van der Waals surface area contributed by atoms with Gasteiger partial charge in [-0.15, -0.1) is 0 Å². The fourth-order valence-electron chi connectivity index (χ4n) is 8.92. The van der Waals surface area contributed by atoms with Crippen LogP contribution in [-0.4, -0.2) is 257 Å². The van der Waals surface area contributed by atoms with Gasteiger partial charge in [0, 0.05) is 130 Å². The predicted molar refractivity (Wildman–Crippen MR) is 376 cm³/mol. The summed E-state index contributed by atoms with van der Waals surface area (Å²) in [6.07, 6.45) is 9.80. The van der Waals surface area contributed by atoms with Gasteiger partial charge in [-0.05, 0) is 99.7 Å². The highest BCUT2D eigenvalue weighted by Gasteiger charge is 2.33. The molecule has 0 radical (unpaired) electrons. The molecule has 0 bridgehead atoms. The number of nitrogens with one attached hydrogen (secondary N) is 3. The van der Waals surface area contributed by atoms with Gasteiger partial charge in [0.15, 0.2) is 0 Å². The van der Waals surface area contributed by atoms with Crippen LogP contribution in [0.2, 0.25) is 0 Å². The average Bonchev–Trinajstić information content (AvgIpc) is 0.876. The molecule has 0 aromatic rings. The molecule has 0 aromatic carbocycles. The Morgan fingerprint density at radius 2 is 0.701 bits per heavy atom. The number of hydrogen-bond acceptors (Lipinski definition) is 22. The topological polar surface area (TPSA) is 280 Å². The summed E-state index contributed by atoms with van der Waals surface area (Å²) in [6.45, 7) is 38.4. The first kappa shape index (κ1) is 93.8. The third kappa shape index (κ3) is 64.7. The van der Waals surface area contributed by atoms with Crippen molar-refractivity contribution < 1.29 is 100 Å². The van der Waals surface area contributed by atoms with E-state index in [1.54, 1.807) is 0 Å². The van der Waals surface area contributed by atoms with Crippen molar-refractivity contribution >= 4 is 29.2 Å². The number of rotatable bonds is 76. The Morgan fingerprint density at radius 3 is 1.04 bits per heavy atom. The second-order valence-electron chi connectivity index (χ2n) is 27.1. The molecule has 0 aliphatic carbocycles. The van der Waals surface area contributed by atoms with Crippen LogP contribution in [-0.2, 0) is 95.0 Å². The van der Waals surface area contributed by atoms with Crippen LogP contribution in [0.15, 0.2) is 12.3 Å². The first-order chi connectivity index (χ1) is 46.7. The third-order valence-corrected chi connectivity index (χ3v) is 15.3. The van der Waals surface area contributed by atoms with Gasteiger partial charge in [0.25, 0.3) is 0 Å². The Bertz CT molecular complexity index is 1820. The normalized spacial score (nSPS) is 12.7. The highest BCUT2D eigenvalue weighted by molar-refractivity contribution is 5.88. The number of carbonyl (C=O) groups excluding carboxylic acids is 5. The number of hydrogen-bond donors (Lipinski definition) is 4. The molecule has 0 saturated heterocycles. The highest BCUT2D eigenvalue weighted by atomic mass is 16.6. The number of amides is 2. The van der Waals surface area contributed by atoms with Gasteiger partial charge in [-0.25, -0.2) is 0 Å². The molecular weight excluding hydrogens is 1250 g/mol. The molecule has 0 fully saturated rings. The number of allylic oxidation sites excluding steroid dienone is 1. The summed E-state index contributed by atoms with van der Waals surface area (Å²) in [6, 6.07) is -0.814. The minimum absolute atomic E-state index is 0.0924. The van der Waals surface area contributed by atoms with Crippen LogP contribution < -0.4 is 16.0 Å². The predicted octanol–water partition coefficient (Wildman–Crippen LogP) is 8.66. The van der Waals surface area contributed by atoms with Crippen molar-refractivity contribution in [1.29, 1.82) is 0 Å². The van der Waals surface area contributed by atoms with Crippen molar-refractivity contribution in [2.24, 2.45) is 29.1 Å². The van der Waals surface area contributed by atoms with Crippen LogP contribution in [0.25, 0.3) is 0 Å². The second-order valence-corrected chi connectivity index (χ2v) is 27.1. The van der Waals surface area contributed by atoms with Gasteiger partial charge in [0.05, 0.1) is 119 Å². The van der Waals surface area contributed by atoms with E-state index in [0.29, 0.717) is 279 Å². The average molecular weight is 1390 g/mol. The lowest BCUT2D eigenvalue weighted by Gasteiger charge is -2.36. The minimum Gasteiger partial charge on any atom is -0.387 e. The maximum atomic E-state index is 13.4. The summed E-state index contributed by atoms with van der Waals surface area (Å²) in [4.78, 5) is 63.3. The zero-order chi connectivity index (χ0) is 71.7. The zero-order valence-electron chi connectivity index (χ0n) is 62.4. The van der Waals surface area contributed by atoms with Crippen molar-refractivity contribution in [3.63, 3.8) is 0 Å². The zero-order valence-corrected chi connectivity index (χ0v) is 62.4. The van der Waals surface area contributed by atoms with Gasteiger partial charge in [-0.2, -0.15) is 0 Å². The van der Waals surface area contributed by atoms with E-state index in [1.165, 1.54) is 0 Å². The van der Waals surface area contributed by atoms with Gasteiger partial charge >= 0.3 is 0 Å². The van der Waals surface area contributed by atoms with Crippen molar-refractivity contribution in [3.8, 4) is 0 Å². The monoisotopic (exact) mass is 1390 g/mol. The molecule has 2 unspecified atom stereocenters. The van der Waals surface area contributed by atoms with E-state index < -0.39 is 24.1 Å². The van der Waals surface area contributed by atoms with E-state index in [1.807, 2.05) is 20.8 Å². The summed E-state index contributed by atoms with van der Waals surface area (Å²) in [5, 5.41) is 18.6. The largest absolute Gasteiger partial charge is 0.387 e. The number of carbonyl (C=O) groups is 5. The van der Waals surface area contributed by atoms with Gasteiger partial charge in [-0.3, -0.25) is 24.0 Å². The molecule has 2 amide bonds. The summed E-state index contributed by atoms with van der Waals surface area (Å²) >= 11 is 0. The van der Waals surface area contributed by atoms with Crippen molar-refractivity contribution in [2.45, 2.75) is 190 Å². The van der Waals surface area contributed by atoms with Crippen molar-refractivity contribution in [1.82, 2.24) is 16.0 Å². The standard InChI is InChI=1S/C73H139N3O21/c1-61(2)23-39-89-48-54-92-51-45-86-30-13-20-66(78)25-41-83-33-16-36-95-58-73(76-64(7)19-12-29-74-71(82)70(65(8)63(5)6)75-69(81)57-77,59-96-37-17-34-84-42-26-67(79)21-14-31-87-46-52-93-55-49-90-40-24-62(3)4)60-97-38-18-35-85-43-27-68(80)22-15-32-88-47-53-94-56-50-91-44-28-72(9,10)11/h61-63,65,70,76-77H,7,12-60H2,1-6,8-11H3,(H,74,82)(H,75,81). The van der Waals surface area contributed by atoms with Gasteiger partial charge in [0.1, 0.15) is 35.5 Å². The molecule has 4 N–H and O–H groups in total. The molecule has 97 heavy (non-hydrogen) atoms. The van der Waals surface area contributed by atoms with Crippen LogP contribution in [0.5, 0.6) is 0 Å². The van der Waals surface area contributed by atoms with Gasteiger partial charge in [-0.1, -0.05) is 75.8 Å². The quantitative estimate of drug-likeness (QED) is 0.0414. The van der Waals surface area contributed by atoms with Crippen LogP contribution in [0.1, 0.15) is 178 Å². The SMILES string of the molecule is C=C(CCCNC(=O)C(NC(=O)CO)C(C)C(C)C)NC(COCCCOCCC(=O)CCCOCCOCCOCCC(C)C)(COCCCOCCC(=O)CCCOCCOCCOCCC(C)C)COCCCOCCC(=O)CCCOCCOCCOCCC(C)(C)C. The molecule has 572 valence electrons. The van der Waals surface area contributed by atoms with Crippen LogP contribution in [0.4, 0.5) is 0 Å². The number of ketones is 3. The van der Waals surface area contributed by atoms with Crippen LogP contribution in [0.3, 0.4) is 0 Å². The van der Waals surface area contributed by atoms with Gasteiger partial charge in [0.2, 0.25) is 11.8 Å². The Labute approximate surface area is 585 Å². The molecule has 0 aliphatic rings. The molecule has 0 spiro atoms. The molecule has 0 aliphatic heterocycles. The van der Waals surface area contributed by atoms with E-state index in [4.69, 9.17) is 71.1 Å². The van der Waals surface area contributed by atoms with E-state index in [2.05, 4.69) is 71.0 Å². The summed E-state index contributed by atoms with van der Waals surface area (Å²) in [5.41, 5.74) is -0.0170. The number of ether oxygens (including phenoxy) is 15. The fourth-order valence-corrected chi connectivity index (χ4v) is 8.92. The molecule has 0 heterocycles. The van der Waals surface area contributed by atoms with Crippen LogP contribution >= 0.6 is 0 Å². The van der Waals surface area contributed by atoms with Crippen molar-refractivity contribution in [2.75, 3.05) is 211 Å². The fraction of sp³-hybridized carbons (Fsp3) is 0.904. The lowest BCUT2D eigenvalue weighted by Crippen LogP contribution is -2.56. The first-order valence-electron chi connectivity index (χ1n) is 36.5. The third-order valence-electron chi connectivity index (χ3n) is 15.3. The molecule has 0 rings (SSSR count). The molecule has 2 atom stereocenters. The molecular formula is C73H139N3O21. The summed E-state index contributed by atoms with van der Waals surface area (Å²) in [5.74, 6) is 0.516. The molecule has 0 saturated carbocycles. The van der Waals surface area contributed by atoms with E-state index in [-0.39, 0.29) is 60.3 Å². The summed E-state index contributed by atoms with van der Waals surface area (Å²) in [7, 11) is 0. The number of aliphatic hydroxyl groups is 1. The smallest absolute Gasteiger partial charge is 0.246 e. The Kier molecular flexibility index (Phi) is 64.0. The molecule has 24 nitrogen and oxygen atoms in total. The van der Waals surface area contributed by atoms with E-state index in [9.17, 15) is 29.1 Å². The molecule has 0 aromatic heterocycles. The lowest BCUT2D eigenvalue weighted by molar-refractivity contribution is -0.131. The Balaban J connectivity index is 5.51. The minimum atomic E-state index is -0.921. The van der Waals surface area contributed by atoms with E-state index >= 15 is 0 Å².